The van der Waals surface area contributed by atoms with Crippen LogP contribution >= 0.6 is 0 Å². The Morgan fingerprint density at radius 2 is 1.92 bits per heavy atom. The number of hydrogen-bond acceptors (Lipinski definition) is 4. The van der Waals surface area contributed by atoms with E-state index in [0.717, 1.165) is 19.5 Å². The molecule has 0 aromatic carbocycles. The molecule has 0 aromatic heterocycles. The number of aliphatic hydroxyl groups is 1. The molecule has 0 aliphatic carbocycles. The SMILES string of the molecule is CC[C@@H](CO)N1CC(OC)(OC)C1. The fraction of sp³-hybridized carbons (Fsp3) is 1.00. The van der Waals surface area contributed by atoms with Gasteiger partial charge >= 0.3 is 0 Å². The number of methoxy groups -OCH3 is 2. The van der Waals surface area contributed by atoms with Gasteiger partial charge in [0.1, 0.15) is 0 Å². The van der Waals surface area contributed by atoms with E-state index in [0.29, 0.717) is 0 Å². The minimum atomic E-state index is -0.428. The highest BCUT2D eigenvalue weighted by atomic mass is 16.7. The molecule has 0 aromatic rings. The Morgan fingerprint density at radius 3 is 2.23 bits per heavy atom. The molecule has 1 N–H and O–H groups in total. The average Bonchev–Trinajstić information content (AvgIpc) is 2.11. The quantitative estimate of drug-likeness (QED) is 0.621. The molecule has 0 spiro atoms. The number of hydrogen-bond donors (Lipinski definition) is 1. The highest BCUT2D eigenvalue weighted by Gasteiger charge is 2.45. The third kappa shape index (κ3) is 2.02. The van der Waals surface area contributed by atoms with Crippen molar-refractivity contribution in [2.24, 2.45) is 0 Å². The first-order valence-electron chi connectivity index (χ1n) is 4.66. The lowest BCUT2D eigenvalue weighted by Crippen LogP contribution is -2.66. The molecule has 78 valence electrons. The lowest BCUT2D eigenvalue weighted by atomic mass is 10.0. The van der Waals surface area contributed by atoms with E-state index in [4.69, 9.17) is 14.6 Å². The number of ether oxygens (including phenoxy) is 2. The number of aliphatic hydroxyl groups excluding tert-OH is 1. The van der Waals surface area contributed by atoms with E-state index < -0.39 is 5.79 Å². The molecule has 0 amide bonds. The van der Waals surface area contributed by atoms with Crippen LogP contribution < -0.4 is 0 Å². The summed E-state index contributed by atoms with van der Waals surface area (Å²) in [4.78, 5) is 2.17. The van der Waals surface area contributed by atoms with E-state index in [1.807, 2.05) is 0 Å². The molecule has 13 heavy (non-hydrogen) atoms. The topological polar surface area (TPSA) is 41.9 Å². The van der Waals surface area contributed by atoms with Crippen molar-refractivity contribution in [2.75, 3.05) is 33.9 Å². The smallest absolute Gasteiger partial charge is 0.193 e. The van der Waals surface area contributed by atoms with Gasteiger partial charge in [-0.15, -0.1) is 0 Å². The Balaban J connectivity index is 2.38. The maximum atomic E-state index is 9.05. The lowest BCUT2D eigenvalue weighted by Gasteiger charge is -2.50. The van der Waals surface area contributed by atoms with Crippen LogP contribution in [0.1, 0.15) is 13.3 Å². The number of nitrogens with zero attached hydrogens (tertiary/aromatic N) is 1. The molecule has 1 saturated heterocycles. The molecular formula is C9H19NO3. The second-order valence-electron chi connectivity index (χ2n) is 3.47. The van der Waals surface area contributed by atoms with Crippen molar-refractivity contribution in [3.63, 3.8) is 0 Å². The van der Waals surface area contributed by atoms with Gasteiger partial charge in [-0.25, -0.2) is 0 Å². The first-order valence-corrected chi connectivity index (χ1v) is 4.66. The predicted molar refractivity (Wildman–Crippen MR) is 49.5 cm³/mol. The van der Waals surface area contributed by atoms with E-state index in [9.17, 15) is 0 Å². The Morgan fingerprint density at radius 1 is 1.38 bits per heavy atom. The molecule has 1 rings (SSSR count). The van der Waals surface area contributed by atoms with Crippen molar-refractivity contribution in [3.8, 4) is 0 Å². The van der Waals surface area contributed by atoms with Crippen molar-refractivity contribution >= 4 is 0 Å². The van der Waals surface area contributed by atoms with Gasteiger partial charge in [0.15, 0.2) is 5.79 Å². The second kappa shape index (κ2) is 4.37. The van der Waals surface area contributed by atoms with Gasteiger partial charge in [-0.1, -0.05) is 6.92 Å². The van der Waals surface area contributed by atoms with E-state index in [2.05, 4.69) is 11.8 Å². The van der Waals surface area contributed by atoms with Gasteiger partial charge in [0.25, 0.3) is 0 Å². The molecule has 1 heterocycles. The Labute approximate surface area is 79.4 Å². The van der Waals surface area contributed by atoms with Crippen molar-refractivity contribution < 1.29 is 14.6 Å². The highest BCUT2D eigenvalue weighted by Crippen LogP contribution is 2.27. The summed E-state index contributed by atoms with van der Waals surface area (Å²) in [6.45, 7) is 3.78. The average molecular weight is 189 g/mol. The summed E-state index contributed by atoms with van der Waals surface area (Å²) in [7, 11) is 3.31. The van der Waals surface area contributed by atoms with Crippen molar-refractivity contribution in [1.82, 2.24) is 4.90 Å². The number of likely N-dealkylation sites (tertiary alicyclic amines) is 1. The van der Waals surface area contributed by atoms with Gasteiger partial charge < -0.3 is 14.6 Å². The summed E-state index contributed by atoms with van der Waals surface area (Å²) in [6, 6.07) is 0.249. The summed E-state index contributed by atoms with van der Waals surface area (Å²) in [5, 5.41) is 9.05. The second-order valence-corrected chi connectivity index (χ2v) is 3.47. The van der Waals surface area contributed by atoms with Crippen LogP contribution in [-0.2, 0) is 9.47 Å². The van der Waals surface area contributed by atoms with E-state index >= 15 is 0 Å². The van der Waals surface area contributed by atoms with Gasteiger partial charge in [-0.3, -0.25) is 4.90 Å². The molecule has 1 atom stereocenters. The van der Waals surface area contributed by atoms with E-state index in [1.54, 1.807) is 14.2 Å². The van der Waals surface area contributed by atoms with Gasteiger partial charge in [-0.05, 0) is 6.42 Å². The zero-order valence-corrected chi connectivity index (χ0v) is 8.62. The van der Waals surface area contributed by atoms with Crippen LogP contribution in [0, 0.1) is 0 Å². The van der Waals surface area contributed by atoms with Crippen LogP contribution in [0.4, 0.5) is 0 Å². The molecule has 1 fully saturated rings. The van der Waals surface area contributed by atoms with E-state index in [-0.39, 0.29) is 12.6 Å². The Hall–Kier alpha value is -0.160. The van der Waals surface area contributed by atoms with Gasteiger partial charge in [0, 0.05) is 20.3 Å². The molecule has 1 aliphatic rings. The first-order chi connectivity index (χ1) is 6.21. The molecule has 0 saturated carbocycles. The zero-order valence-electron chi connectivity index (χ0n) is 8.62. The minimum Gasteiger partial charge on any atom is -0.395 e. The third-order valence-corrected chi connectivity index (χ3v) is 2.83. The minimum absolute atomic E-state index is 0.208. The Kier molecular flexibility index (Phi) is 3.67. The number of rotatable bonds is 5. The summed E-state index contributed by atoms with van der Waals surface area (Å²) < 4.78 is 10.5. The molecule has 4 nitrogen and oxygen atoms in total. The predicted octanol–water partition coefficient (Wildman–Crippen LogP) is 0.0620. The molecular weight excluding hydrogens is 170 g/mol. The van der Waals surface area contributed by atoms with Gasteiger partial charge in [0.05, 0.1) is 19.7 Å². The van der Waals surface area contributed by atoms with Crippen molar-refractivity contribution in [3.05, 3.63) is 0 Å². The van der Waals surface area contributed by atoms with Crippen LogP contribution in [0.2, 0.25) is 0 Å². The molecule has 0 bridgehead atoms. The maximum Gasteiger partial charge on any atom is 0.193 e. The lowest BCUT2D eigenvalue weighted by molar-refractivity contribution is -0.283. The largest absolute Gasteiger partial charge is 0.395 e. The molecule has 0 radical (unpaired) electrons. The zero-order chi connectivity index (χ0) is 9.90. The van der Waals surface area contributed by atoms with Crippen LogP contribution in [-0.4, -0.2) is 55.8 Å². The maximum absolute atomic E-state index is 9.05. The van der Waals surface area contributed by atoms with Crippen molar-refractivity contribution in [2.45, 2.75) is 25.2 Å². The van der Waals surface area contributed by atoms with Crippen LogP contribution in [0.3, 0.4) is 0 Å². The summed E-state index contributed by atoms with van der Waals surface area (Å²) in [5.74, 6) is -0.428. The summed E-state index contributed by atoms with van der Waals surface area (Å²) in [5.41, 5.74) is 0. The standard InChI is InChI=1S/C9H19NO3/c1-4-8(5-11)10-6-9(7-10,12-2)13-3/h8,11H,4-7H2,1-3H3/t8-/m0/s1. The van der Waals surface area contributed by atoms with E-state index in [1.165, 1.54) is 0 Å². The normalized spacial score (nSPS) is 24.0. The monoisotopic (exact) mass is 189 g/mol. The highest BCUT2D eigenvalue weighted by molar-refractivity contribution is 4.92. The van der Waals surface area contributed by atoms with Crippen molar-refractivity contribution in [1.29, 1.82) is 0 Å². The molecule has 0 unspecified atom stereocenters. The van der Waals surface area contributed by atoms with Crippen LogP contribution in [0.5, 0.6) is 0 Å². The third-order valence-electron chi connectivity index (χ3n) is 2.83. The van der Waals surface area contributed by atoms with Gasteiger partial charge in [-0.2, -0.15) is 0 Å². The first kappa shape index (κ1) is 10.9. The summed E-state index contributed by atoms with van der Waals surface area (Å²) >= 11 is 0. The van der Waals surface area contributed by atoms with Gasteiger partial charge in [0.2, 0.25) is 0 Å². The molecule has 1 aliphatic heterocycles. The fourth-order valence-electron chi connectivity index (χ4n) is 1.68. The fourth-order valence-corrected chi connectivity index (χ4v) is 1.68. The van der Waals surface area contributed by atoms with Crippen LogP contribution in [0.15, 0.2) is 0 Å². The Bertz CT molecular complexity index is 147. The van der Waals surface area contributed by atoms with Crippen LogP contribution in [0.25, 0.3) is 0 Å². The molecule has 4 heteroatoms. The summed E-state index contributed by atoms with van der Waals surface area (Å²) in [6.07, 6.45) is 0.958.